The third-order valence-corrected chi connectivity index (χ3v) is 4.46. The van der Waals surface area contributed by atoms with Crippen LogP contribution in [0, 0.1) is 11.8 Å². The molecule has 1 unspecified atom stereocenters. The molecule has 18 heavy (non-hydrogen) atoms. The van der Waals surface area contributed by atoms with Crippen LogP contribution in [-0.4, -0.2) is 35.8 Å². The topological polar surface area (TPSA) is 49.4 Å². The van der Waals surface area contributed by atoms with Crippen LogP contribution in [0.15, 0.2) is 12.2 Å². The Kier molecular flexibility index (Phi) is 3.20. The third kappa shape index (κ3) is 1.99. The zero-order valence-electron chi connectivity index (χ0n) is 10.6. The van der Waals surface area contributed by atoms with Gasteiger partial charge in [0.2, 0.25) is 11.8 Å². The summed E-state index contributed by atoms with van der Waals surface area (Å²) in [5, 5.41) is 3.41. The van der Waals surface area contributed by atoms with Crippen molar-refractivity contribution in [3.63, 3.8) is 0 Å². The Morgan fingerprint density at radius 2 is 1.83 bits per heavy atom. The van der Waals surface area contributed by atoms with Crippen molar-refractivity contribution in [1.82, 2.24) is 10.2 Å². The van der Waals surface area contributed by atoms with E-state index in [0.29, 0.717) is 12.6 Å². The van der Waals surface area contributed by atoms with E-state index in [0.717, 1.165) is 25.8 Å². The monoisotopic (exact) mass is 248 g/mol. The van der Waals surface area contributed by atoms with Crippen LogP contribution < -0.4 is 5.32 Å². The number of imide groups is 1. The van der Waals surface area contributed by atoms with Crippen molar-refractivity contribution in [3.8, 4) is 0 Å². The molecule has 2 heterocycles. The first-order valence-corrected chi connectivity index (χ1v) is 7.01. The van der Waals surface area contributed by atoms with Crippen molar-refractivity contribution in [2.24, 2.45) is 11.8 Å². The first kappa shape index (κ1) is 11.9. The van der Waals surface area contributed by atoms with Crippen LogP contribution in [0.5, 0.6) is 0 Å². The first-order valence-electron chi connectivity index (χ1n) is 7.01. The summed E-state index contributed by atoms with van der Waals surface area (Å²) < 4.78 is 0. The van der Waals surface area contributed by atoms with Crippen molar-refractivity contribution in [2.75, 3.05) is 13.1 Å². The fourth-order valence-corrected chi connectivity index (χ4v) is 3.38. The quantitative estimate of drug-likeness (QED) is 0.600. The summed E-state index contributed by atoms with van der Waals surface area (Å²) in [6.07, 6.45) is 8.85. The second-order valence-corrected chi connectivity index (χ2v) is 5.57. The van der Waals surface area contributed by atoms with Gasteiger partial charge in [-0.25, -0.2) is 0 Å². The normalized spacial score (nSPS) is 35.3. The molecule has 2 amide bonds. The summed E-state index contributed by atoms with van der Waals surface area (Å²) in [5.74, 6) is -0.0160. The van der Waals surface area contributed by atoms with E-state index < -0.39 is 0 Å². The van der Waals surface area contributed by atoms with Gasteiger partial charge >= 0.3 is 0 Å². The number of hydrogen-bond donors (Lipinski definition) is 1. The minimum Gasteiger partial charge on any atom is -0.314 e. The molecular formula is C14H20N2O2. The maximum atomic E-state index is 12.2. The molecule has 0 aromatic rings. The van der Waals surface area contributed by atoms with Crippen LogP contribution in [0.2, 0.25) is 0 Å². The van der Waals surface area contributed by atoms with Gasteiger partial charge in [-0.1, -0.05) is 12.2 Å². The zero-order valence-corrected chi connectivity index (χ0v) is 10.6. The number of rotatable bonds is 3. The minimum atomic E-state index is -0.0703. The number of amides is 2. The molecule has 2 fully saturated rings. The molecule has 0 radical (unpaired) electrons. The van der Waals surface area contributed by atoms with Crippen LogP contribution in [0.4, 0.5) is 0 Å². The summed E-state index contributed by atoms with van der Waals surface area (Å²) in [4.78, 5) is 25.9. The number of hydrogen-bond acceptors (Lipinski definition) is 3. The molecule has 2 saturated heterocycles. The van der Waals surface area contributed by atoms with Gasteiger partial charge < -0.3 is 5.32 Å². The molecule has 1 aliphatic carbocycles. The fraction of sp³-hybridized carbons (Fsp3) is 0.714. The molecule has 3 aliphatic rings. The highest BCUT2D eigenvalue weighted by atomic mass is 16.2. The lowest BCUT2D eigenvalue weighted by molar-refractivity contribution is -0.140. The van der Waals surface area contributed by atoms with Crippen molar-refractivity contribution < 1.29 is 9.59 Å². The van der Waals surface area contributed by atoms with E-state index in [1.54, 1.807) is 0 Å². The van der Waals surface area contributed by atoms with E-state index in [2.05, 4.69) is 5.32 Å². The SMILES string of the molecule is O=C1[C@H]2CC=CC[C@H]2C(=O)N1CCC1CCCN1. The van der Waals surface area contributed by atoms with E-state index in [1.165, 1.54) is 17.7 Å². The summed E-state index contributed by atoms with van der Waals surface area (Å²) in [7, 11) is 0. The van der Waals surface area contributed by atoms with Gasteiger partial charge in [0.05, 0.1) is 11.8 Å². The molecule has 0 spiro atoms. The Balaban J connectivity index is 1.62. The van der Waals surface area contributed by atoms with Crippen molar-refractivity contribution in [3.05, 3.63) is 12.2 Å². The van der Waals surface area contributed by atoms with E-state index in [1.807, 2.05) is 12.2 Å². The molecular weight excluding hydrogens is 228 g/mol. The number of nitrogens with zero attached hydrogens (tertiary/aromatic N) is 1. The maximum absolute atomic E-state index is 12.2. The summed E-state index contributed by atoms with van der Waals surface area (Å²) in [6.45, 7) is 1.67. The highest BCUT2D eigenvalue weighted by Gasteiger charge is 2.46. The van der Waals surface area contributed by atoms with Crippen molar-refractivity contribution >= 4 is 11.8 Å². The predicted molar refractivity (Wildman–Crippen MR) is 67.7 cm³/mol. The molecule has 0 aromatic carbocycles. The molecule has 3 atom stereocenters. The fourth-order valence-electron chi connectivity index (χ4n) is 3.38. The lowest BCUT2D eigenvalue weighted by atomic mass is 9.85. The molecule has 4 nitrogen and oxygen atoms in total. The number of carbonyl (C=O) groups excluding carboxylic acids is 2. The van der Waals surface area contributed by atoms with Gasteiger partial charge in [0.15, 0.2) is 0 Å². The Hall–Kier alpha value is -1.16. The Bertz CT molecular complexity index is 359. The van der Waals surface area contributed by atoms with Crippen LogP contribution in [0.1, 0.15) is 32.1 Å². The smallest absolute Gasteiger partial charge is 0.233 e. The van der Waals surface area contributed by atoms with Crippen molar-refractivity contribution in [2.45, 2.75) is 38.1 Å². The Morgan fingerprint density at radius 1 is 1.17 bits per heavy atom. The molecule has 0 aromatic heterocycles. The van der Waals surface area contributed by atoms with Gasteiger partial charge in [0.25, 0.3) is 0 Å². The van der Waals surface area contributed by atoms with E-state index in [9.17, 15) is 9.59 Å². The number of likely N-dealkylation sites (tertiary alicyclic amines) is 1. The molecule has 2 aliphatic heterocycles. The number of allylic oxidation sites excluding steroid dienone is 2. The van der Waals surface area contributed by atoms with E-state index in [4.69, 9.17) is 0 Å². The summed E-state index contributed by atoms with van der Waals surface area (Å²) in [6, 6.07) is 0.492. The Labute approximate surface area is 107 Å². The second-order valence-electron chi connectivity index (χ2n) is 5.57. The second kappa shape index (κ2) is 4.84. The van der Waals surface area contributed by atoms with E-state index >= 15 is 0 Å². The largest absolute Gasteiger partial charge is 0.314 e. The number of fused-ring (bicyclic) bond motifs is 1. The lowest BCUT2D eigenvalue weighted by Gasteiger charge is -2.17. The van der Waals surface area contributed by atoms with E-state index in [-0.39, 0.29) is 23.7 Å². The predicted octanol–water partition coefficient (Wildman–Crippen LogP) is 1.08. The highest BCUT2D eigenvalue weighted by molar-refractivity contribution is 6.05. The molecule has 3 rings (SSSR count). The van der Waals surface area contributed by atoms with Crippen LogP contribution in [0.25, 0.3) is 0 Å². The average Bonchev–Trinajstić information content (AvgIpc) is 2.98. The van der Waals surface area contributed by atoms with Gasteiger partial charge in [-0.15, -0.1) is 0 Å². The molecule has 1 N–H and O–H groups in total. The van der Waals surface area contributed by atoms with Gasteiger partial charge in [-0.3, -0.25) is 14.5 Å². The average molecular weight is 248 g/mol. The molecule has 0 saturated carbocycles. The number of nitrogens with one attached hydrogen (secondary N) is 1. The maximum Gasteiger partial charge on any atom is 0.233 e. The third-order valence-electron chi connectivity index (χ3n) is 4.46. The van der Waals surface area contributed by atoms with Gasteiger partial charge in [0.1, 0.15) is 0 Å². The van der Waals surface area contributed by atoms with Gasteiger partial charge in [-0.2, -0.15) is 0 Å². The molecule has 0 bridgehead atoms. The molecule has 4 heteroatoms. The highest BCUT2D eigenvalue weighted by Crippen LogP contribution is 2.35. The minimum absolute atomic E-state index is 0.0624. The number of carbonyl (C=O) groups is 2. The van der Waals surface area contributed by atoms with Crippen LogP contribution in [-0.2, 0) is 9.59 Å². The summed E-state index contributed by atoms with van der Waals surface area (Å²) in [5.41, 5.74) is 0. The first-order chi connectivity index (χ1) is 8.77. The van der Waals surface area contributed by atoms with Gasteiger partial charge in [0, 0.05) is 12.6 Å². The summed E-state index contributed by atoms with van der Waals surface area (Å²) >= 11 is 0. The van der Waals surface area contributed by atoms with Gasteiger partial charge in [-0.05, 0) is 38.6 Å². The van der Waals surface area contributed by atoms with Crippen LogP contribution in [0.3, 0.4) is 0 Å². The Morgan fingerprint density at radius 3 is 2.39 bits per heavy atom. The molecule has 98 valence electrons. The van der Waals surface area contributed by atoms with Crippen LogP contribution >= 0.6 is 0 Å². The van der Waals surface area contributed by atoms with Crippen molar-refractivity contribution in [1.29, 1.82) is 0 Å². The lowest BCUT2D eigenvalue weighted by Crippen LogP contribution is -2.35. The zero-order chi connectivity index (χ0) is 12.5. The standard InChI is InChI=1S/C14H20N2O2/c17-13-11-5-1-2-6-12(11)14(18)16(13)9-7-10-4-3-8-15-10/h1-2,10-12,15H,3-9H2/t10?,11-,12+.